The molecule has 3 fully saturated rings. The lowest BCUT2D eigenvalue weighted by Crippen LogP contribution is -2.35. The van der Waals surface area contributed by atoms with Crippen LogP contribution >= 0.6 is 0 Å². The molecule has 2 N–H and O–H groups in total. The summed E-state index contributed by atoms with van der Waals surface area (Å²) in [7, 11) is 0. The molecule has 2 aliphatic heterocycles. The molecule has 0 aromatic rings. The highest BCUT2D eigenvalue weighted by Gasteiger charge is 2.44. The van der Waals surface area contributed by atoms with E-state index < -0.39 is 0 Å². The number of hydrogen-bond acceptors (Lipinski definition) is 3. The lowest BCUT2D eigenvalue weighted by molar-refractivity contribution is -0.0795. The monoisotopic (exact) mass is 253 g/mol. The van der Waals surface area contributed by atoms with Gasteiger partial charge in [-0.1, -0.05) is 19.3 Å². The standard InChI is InChI=1S/C15H27NO2/c17-12-14(8-9-16-11-14)10-13-4-7-15(18-13)5-2-1-3-6-15/h13,16-17H,1-12H2. The number of hydrogen-bond donors (Lipinski definition) is 2. The normalized spacial score (nSPS) is 39.5. The van der Waals surface area contributed by atoms with E-state index in [1.54, 1.807) is 0 Å². The molecule has 1 aliphatic carbocycles. The van der Waals surface area contributed by atoms with Gasteiger partial charge in [0, 0.05) is 12.0 Å². The number of ether oxygens (including phenoxy) is 1. The molecule has 0 bridgehead atoms. The maximum absolute atomic E-state index is 9.68. The van der Waals surface area contributed by atoms with Crippen LogP contribution in [0.25, 0.3) is 0 Å². The van der Waals surface area contributed by atoms with E-state index in [0.717, 1.165) is 25.9 Å². The van der Waals surface area contributed by atoms with E-state index in [1.165, 1.54) is 44.9 Å². The van der Waals surface area contributed by atoms with Gasteiger partial charge < -0.3 is 15.2 Å². The van der Waals surface area contributed by atoms with Crippen LogP contribution < -0.4 is 5.32 Å². The predicted molar refractivity (Wildman–Crippen MR) is 71.5 cm³/mol. The van der Waals surface area contributed by atoms with E-state index in [1.807, 2.05) is 0 Å². The lowest BCUT2D eigenvalue weighted by Gasteiger charge is -2.35. The van der Waals surface area contributed by atoms with Crippen LogP contribution in [-0.4, -0.2) is 36.5 Å². The Morgan fingerprint density at radius 2 is 1.94 bits per heavy atom. The van der Waals surface area contributed by atoms with Crippen LogP contribution in [0.4, 0.5) is 0 Å². The van der Waals surface area contributed by atoms with Gasteiger partial charge in [0.25, 0.3) is 0 Å². The van der Waals surface area contributed by atoms with Gasteiger partial charge in [-0.05, 0) is 45.1 Å². The highest BCUT2D eigenvalue weighted by atomic mass is 16.5. The third-order valence-corrected chi connectivity index (χ3v) is 5.43. The summed E-state index contributed by atoms with van der Waals surface area (Å²) in [6.45, 7) is 2.33. The van der Waals surface area contributed by atoms with Gasteiger partial charge in [0.2, 0.25) is 0 Å². The highest BCUT2D eigenvalue weighted by Crippen LogP contribution is 2.45. The first-order chi connectivity index (χ1) is 8.76. The quantitative estimate of drug-likeness (QED) is 0.810. The Morgan fingerprint density at radius 1 is 1.11 bits per heavy atom. The molecular weight excluding hydrogens is 226 g/mol. The summed E-state index contributed by atoms with van der Waals surface area (Å²) in [5.74, 6) is 0. The third kappa shape index (κ3) is 2.45. The van der Waals surface area contributed by atoms with Crippen molar-refractivity contribution < 1.29 is 9.84 Å². The maximum atomic E-state index is 9.68. The summed E-state index contributed by atoms with van der Waals surface area (Å²) in [5, 5.41) is 13.1. The van der Waals surface area contributed by atoms with Crippen molar-refractivity contribution >= 4 is 0 Å². The van der Waals surface area contributed by atoms with Gasteiger partial charge in [-0.3, -0.25) is 0 Å². The van der Waals surface area contributed by atoms with Crippen LogP contribution in [0.15, 0.2) is 0 Å². The van der Waals surface area contributed by atoms with E-state index in [2.05, 4.69) is 5.32 Å². The summed E-state index contributed by atoms with van der Waals surface area (Å²) >= 11 is 0. The Morgan fingerprint density at radius 3 is 2.61 bits per heavy atom. The minimum Gasteiger partial charge on any atom is -0.396 e. The predicted octanol–water partition coefficient (Wildman–Crippen LogP) is 2.23. The number of aliphatic hydroxyl groups excluding tert-OH is 1. The highest BCUT2D eigenvalue weighted by molar-refractivity contribution is 4.96. The molecule has 2 heterocycles. The average molecular weight is 253 g/mol. The Balaban J connectivity index is 1.58. The average Bonchev–Trinajstić information content (AvgIpc) is 3.00. The zero-order valence-corrected chi connectivity index (χ0v) is 11.4. The van der Waals surface area contributed by atoms with E-state index >= 15 is 0 Å². The van der Waals surface area contributed by atoms with Crippen molar-refractivity contribution in [3.63, 3.8) is 0 Å². The number of rotatable bonds is 3. The molecule has 0 aromatic heterocycles. The lowest BCUT2D eigenvalue weighted by atomic mass is 9.81. The second kappa shape index (κ2) is 5.10. The van der Waals surface area contributed by atoms with Crippen molar-refractivity contribution in [1.82, 2.24) is 5.32 Å². The van der Waals surface area contributed by atoms with Crippen LogP contribution in [0, 0.1) is 5.41 Å². The minimum absolute atomic E-state index is 0.102. The van der Waals surface area contributed by atoms with E-state index in [4.69, 9.17) is 4.74 Å². The molecule has 104 valence electrons. The summed E-state index contributed by atoms with van der Waals surface area (Å²) in [6.07, 6.45) is 11.7. The molecule has 2 atom stereocenters. The van der Waals surface area contributed by atoms with Crippen LogP contribution in [0.2, 0.25) is 0 Å². The second-order valence-electron chi connectivity index (χ2n) is 6.81. The fourth-order valence-electron chi connectivity index (χ4n) is 4.26. The number of nitrogens with one attached hydrogen (secondary N) is 1. The topological polar surface area (TPSA) is 41.5 Å². The van der Waals surface area contributed by atoms with Crippen molar-refractivity contribution in [2.75, 3.05) is 19.7 Å². The molecule has 3 nitrogen and oxygen atoms in total. The maximum Gasteiger partial charge on any atom is 0.0687 e. The van der Waals surface area contributed by atoms with Crippen LogP contribution in [0.3, 0.4) is 0 Å². The zero-order chi connectivity index (χ0) is 12.5. The fourth-order valence-corrected chi connectivity index (χ4v) is 4.26. The van der Waals surface area contributed by atoms with Gasteiger partial charge in [-0.15, -0.1) is 0 Å². The van der Waals surface area contributed by atoms with Crippen molar-refractivity contribution in [3.8, 4) is 0 Å². The van der Waals surface area contributed by atoms with Crippen molar-refractivity contribution in [2.45, 2.75) is 69.5 Å². The SMILES string of the molecule is OCC1(CC2CCC3(CCCCC3)O2)CCNC1. The minimum atomic E-state index is 0.102. The smallest absolute Gasteiger partial charge is 0.0687 e. The summed E-state index contributed by atoms with van der Waals surface area (Å²) in [5.41, 5.74) is 0.330. The molecule has 3 heteroatoms. The Bertz CT molecular complexity index is 280. The van der Waals surface area contributed by atoms with Crippen molar-refractivity contribution in [2.24, 2.45) is 5.41 Å². The molecule has 2 unspecified atom stereocenters. The summed E-state index contributed by atoms with van der Waals surface area (Å²) in [4.78, 5) is 0. The Labute approximate surface area is 110 Å². The fraction of sp³-hybridized carbons (Fsp3) is 1.00. The molecule has 3 rings (SSSR count). The first-order valence-corrected chi connectivity index (χ1v) is 7.75. The molecular formula is C15H27NO2. The first kappa shape index (κ1) is 12.9. The Kier molecular flexibility index (Phi) is 3.65. The van der Waals surface area contributed by atoms with Gasteiger partial charge in [-0.2, -0.15) is 0 Å². The first-order valence-electron chi connectivity index (χ1n) is 7.75. The van der Waals surface area contributed by atoms with E-state index in [0.29, 0.717) is 12.7 Å². The largest absolute Gasteiger partial charge is 0.396 e. The molecule has 0 aromatic carbocycles. The van der Waals surface area contributed by atoms with Crippen molar-refractivity contribution in [3.05, 3.63) is 0 Å². The van der Waals surface area contributed by atoms with Crippen LogP contribution in [0.5, 0.6) is 0 Å². The molecule has 0 radical (unpaired) electrons. The van der Waals surface area contributed by atoms with Crippen LogP contribution in [-0.2, 0) is 4.74 Å². The van der Waals surface area contributed by atoms with Gasteiger partial charge in [0.15, 0.2) is 0 Å². The molecule has 1 saturated carbocycles. The summed E-state index contributed by atoms with van der Waals surface area (Å²) < 4.78 is 6.44. The zero-order valence-electron chi connectivity index (χ0n) is 11.4. The van der Waals surface area contributed by atoms with E-state index in [-0.39, 0.29) is 11.0 Å². The van der Waals surface area contributed by atoms with Gasteiger partial charge in [0.1, 0.15) is 0 Å². The molecule has 1 spiro atoms. The van der Waals surface area contributed by atoms with Crippen molar-refractivity contribution in [1.29, 1.82) is 0 Å². The van der Waals surface area contributed by atoms with E-state index in [9.17, 15) is 5.11 Å². The molecule has 0 amide bonds. The van der Waals surface area contributed by atoms with Gasteiger partial charge in [-0.25, -0.2) is 0 Å². The number of aliphatic hydroxyl groups is 1. The second-order valence-corrected chi connectivity index (χ2v) is 6.81. The Hall–Kier alpha value is -0.120. The molecule has 2 saturated heterocycles. The molecule has 18 heavy (non-hydrogen) atoms. The molecule has 3 aliphatic rings. The third-order valence-electron chi connectivity index (χ3n) is 5.43. The van der Waals surface area contributed by atoms with Crippen LogP contribution in [0.1, 0.15) is 57.8 Å². The summed E-state index contributed by atoms with van der Waals surface area (Å²) in [6, 6.07) is 0. The van der Waals surface area contributed by atoms with Gasteiger partial charge >= 0.3 is 0 Å². The van der Waals surface area contributed by atoms with Gasteiger partial charge in [0.05, 0.1) is 18.3 Å².